The van der Waals surface area contributed by atoms with Crippen molar-refractivity contribution in [2.45, 2.75) is 105 Å². The molecule has 1 N–H and O–H groups in total. The van der Waals surface area contributed by atoms with Gasteiger partial charge in [0.1, 0.15) is 6.04 Å². The van der Waals surface area contributed by atoms with Crippen LogP contribution in [0.15, 0.2) is 23.9 Å². The molecule has 0 radical (unpaired) electrons. The van der Waals surface area contributed by atoms with Gasteiger partial charge in [-0.1, -0.05) is 39.8 Å². The quantitative estimate of drug-likeness (QED) is 0.552. The molecule has 2 rings (SSSR count). The SMILES string of the molecule is C=C(/C(C)=C/CN(C)C(=O)C(NC(=O)C1CCCCN1C(C)C)C(C)(C)C)N1CCC[C@H]1C. The van der Waals surface area contributed by atoms with E-state index in [4.69, 9.17) is 0 Å². The van der Waals surface area contributed by atoms with Crippen LogP contribution in [-0.2, 0) is 9.59 Å². The van der Waals surface area contributed by atoms with Gasteiger partial charge in [-0.25, -0.2) is 0 Å². The van der Waals surface area contributed by atoms with E-state index in [-0.39, 0.29) is 23.3 Å². The number of nitrogens with zero attached hydrogens (tertiary/aromatic N) is 3. The van der Waals surface area contributed by atoms with Crippen LogP contribution in [0.4, 0.5) is 0 Å². The number of likely N-dealkylation sites (N-methyl/N-ethyl adjacent to an activating group) is 1. The molecule has 2 unspecified atom stereocenters. The fourth-order valence-electron chi connectivity index (χ4n) is 5.00. The van der Waals surface area contributed by atoms with Crippen molar-refractivity contribution in [1.82, 2.24) is 20.0 Å². The molecule has 0 saturated carbocycles. The van der Waals surface area contributed by atoms with Crippen LogP contribution in [0.5, 0.6) is 0 Å². The molecule has 2 aliphatic rings. The molecule has 2 aliphatic heterocycles. The third-order valence-electron chi connectivity index (χ3n) is 7.31. The van der Waals surface area contributed by atoms with E-state index in [2.05, 4.69) is 55.5 Å². The number of nitrogens with one attached hydrogen (secondary N) is 1. The Hall–Kier alpha value is -1.82. The van der Waals surface area contributed by atoms with Crippen LogP contribution in [0, 0.1) is 5.41 Å². The van der Waals surface area contributed by atoms with Gasteiger partial charge in [0.05, 0.1) is 6.04 Å². The number of allylic oxidation sites excluding steroid dienone is 1. The first-order valence-corrected chi connectivity index (χ1v) is 12.8. The highest BCUT2D eigenvalue weighted by atomic mass is 16.2. The summed E-state index contributed by atoms with van der Waals surface area (Å²) < 4.78 is 0. The second kappa shape index (κ2) is 11.5. The van der Waals surface area contributed by atoms with Gasteiger partial charge in [0.2, 0.25) is 11.8 Å². The summed E-state index contributed by atoms with van der Waals surface area (Å²) >= 11 is 0. The Morgan fingerprint density at radius 2 is 1.82 bits per heavy atom. The monoisotopic (exact) mass is 460 g/mol. The van der Waals surface area contributed by atoms with Gasteiger partial charge < -0.3 is 15.1 Å². The van der Waals surface area contributed by atoms with Crippen molar-refractivity contribution >= 4 is 11.8 Å². The molecule has 0 bridgehead atoms. The van der Waals surface area contributed by atoms with E-state index >= 15 is 0 Å². The maximum atomic E-state index is 13.4. The highest BCUT2D eigenvalue weighted by Crippen LogP contribution is 2.26. The molecule has 0 aromatic carbocycles. The molecule has 6 heteroatoms. The standard InChI is InChI=1S/C27H48N4O2/c1-19(2)30-16-11-10-14-23(30)25(32)28-24(27(6,7)8)26(33)29(9)18-15-20(3)22(5)31-17-12-13-21(31)4/h15,19,21,23-24H,5,10-14,16-18H2,1-4,6-9H3,(H,28,32)/b20-15+/t21-,23?,24?/m1/s1. The summed E-state index contributed by atoms with van der Waals surface area (Å²) in [5.41, 5.74) is 1.77. The molecule has 2 heterocycles. The average molecular weight is 461 g/mol. The molecule has 0 aliphatic carbocycles. The minimum Gasteiger partial charge on any atom is -0.369 e. The highest BCUT2D eigenvalue weighted by molar-refractivity contribution is 5.90. The van der Waals surface area contributed by atoms with E-state index in [9.17, 15) is 9.59 Å². The first kappa shape index (κ1) is 27.4. The van der Waals surface area contributed by atoms with Crippen molar-refractivity contribution in [3.05, 3.63) is 23.9 Å². The van der Waals surface area contributed by atoms with Gasteiger partial charge in [0, 0.05) is 37.9 Å². The molecule has 2 amide bonds. The molecule has 6 nitrogen and oxygen atoms in total. The van der Waals surface area contributed by atoms with Crippen LogP contribution in [0.2, 0.25) is 0 Å². The predicted molar refractivity (Wildman–Crippen MR) is 137 cm³/mol. The van der Waals surface area contributed by atoms with E-state index in [1.165, 1.54) is 12.8 Å². The van der Waals surface area contributed by atoms with Crippen LogP contribution < -0.4 is 5.32 Å². The van der Waals surface area contributed by atoms with Gasteiger partial charge in [0.15, 0.2) is 0 Å². The lowest BCUT2D eigenvalue weighted by molar-refractivity contribution is -0.140. The zero-order chi connectivity index (χ0) is 24.9. The Kier molecular flexibility index (Phi) is 9.59. The van der Waals surface area contributed by atoms with Gasteiger partial charge >= 0.3 is 0 Å². The van der Waals surface area contributed by atoms with E-state index in [0.29, 0.717) is 18.6 Å². The Labute approximate surface area is 202 Å². The first-order valence-electron chi connectivity index (χ1n) is 12.8. The van der Waals surface area contributed by atoms with Crippen molar-refractivity contribution in [2.75, 3.05) is 26.7 Å². The number of likely N-dealkylation sites (tertiary alicyclic amines) is 2. The van der Waals surface area contributed by atoms with Crippen molar-refractivity contribution < 1.29 is 9.59 Å². The maximum Gasteiger partial charge on any atom is 0.245 e. The Balaban J connectivity index is 2.07. The van der Waals surface area contributed by atoms with Crippen LogP contribution in [0.3, 0.4) is 0 Å². The number of piperidine rings is 1. The van der Waals surface area contributed by atoms with Crippen LogP contribution in [-0.4, -0.2) is 77.4 Å². The van der Waals surface area contributed by atoms with Crippen molar-refractivity contribution in [3.8, 4) is 0 Å². The molecular weight excluding hydrogens is 412 g/mol. The van der Waals surface area contributed by atoms with E-state index in [1.54, 1.807) is 4.90 Å². The largest absolute Gasteiger partial charge is 0.369 e. The molecule has 2 fully saturated rings. The van der Waals surface area contributed by atoms with Gasteiger partial charge in [-0.15, -0.1) is 0 Å². The molecular formula is C27H48N4O2. The summed E-state index contributed by atoms with van der Waals surface area (Å²) in [6.45, 7) is 21.4. The second-order valence-corrected chi connectivity index (χ2v) is 11.4. The van der Waals surface area contributed by atoms with E-state index < -0.39 is 6.04 Å². The third-order valence-corrected chi connectivity index (χ3v) is 7.31. The Morgan fingerprint density at radius 3 is 2.36 bits per heavy atom. The summed E-state index contributed by atoms with van der Waals surface area (Å²) in [6, 6.07) is 0.106. The minimum absolute atomic E-state index is 0.0202. The van der Waals surface area contributed by atoms with Crippen molar-refractivity contribution in [1.29, 1.82) is 0 Å². The second-order valence-electron chi connectivity index (χ2n) is 11.4. The van der Waals surface area contributed by atoms with Crippen LogP contribution >= 0.6 is 0 Å². The molecule has 0 aromatic rings. The number of amides is 2. The van der Waals surface area contributed by atoms with Crippen LogP contribution in [0.1, 0.15) is 80.6 Å². The first-order chi connectivity index (χ1) is 15.3. The predicted octanol–water partition coefficient (Wildman–Crippen LogP) is 4.18. The zero-order valence-corrected chi connectivity index (χ0v) is 22.4. The Morgan fingerprint density at radius 1 is 1.15 bits per heavy atom. The molecule has 0 spiro atoms. The summed E-state index contributed by atoms with van der Waals surface area (Å²) in [5.74, 6) is -0.0693. The van der Waals surface area contributed by atoms with E-state index in [0.717, 1.165) is 43.6 Å². The summed E-state index contributed by atoms with van der Waals surface area (Å²) in [6.07, 6.45) is 7.51. The summed E-state index contributed by atoms with van der Waals surface area (Å²) in [7, 11) is 1.82. The van der Waals surface area contributed by atoms with Gasteiger partial charge in [-0.05, 0) is 70.9 Å². The zero-order valence-electron chi connectivity index (χ0n) is 22.4. The lowest BCUT2D eigenvalue weighted by Crippen LogP contribution is -2.59. The number of rotatable bonds is 8. The smallest absolute Gasteiger partial charge is 0.245 e. The number of carbonyl (C=O) groups excluding carboxylic acids is 2. The lowest BCUT2D eigenvalue weighted by atomic mass is 9.85. The normalized spacial score (nSPS) is 23.5. The van der Waals surface area contributed by atoms with Crippen molar-refractivity contribution in [3.63, 3.8) is 0 Å². The number of hydrogen-bond donors (Lipinski definition) is 1. The molecule has 33 heavy (non-hydrogen) atoms. The van der Waals surface area contributed by atoms with Gasteiger partial charge in [-0.2, -0.15) is 0 Å². The average Bonchev–Trinajstić information content (AvgIpc) is 3.19. The topological polar surface area (TPSA) is 55.9 Å². The lowest BCUT2D eigenvalue weighted by Gasteiger charge is -2.40. The van der Waals surface area contributed by atoms with E-state index in [1.807, 2.05) is 27.8 Å². The molecule has 188 valence electrons. The molecule has 0 aromatic heterocycles. The number of hydrogen-bond acceptors (Lipinski definition) is 4. The minimum atomic E-state index is -0.568. The maximum absolute atomic E-state index is 13.4. The summed E-state index contributed by atoms with van der Waals surface area (Å²) in [4.78, 5) is 33.1. The van der Waals surface area contributed by atoms with Crippen LogP contribution in [0.25, 0.3) is 0 Å². The third kappa shape index (κ3) is 7.08. The van der Waals surface area contributed by atoms with Gasteiger partial charge in [0.25, 0.3) is 0 Å². The Bertz CT molecular complexity index is 737. The van der Waals surface area contributed by atoms with Gasteiger partial charge in [-0.3, -0.25) is 14.5 Å². The fraction of sp³-hybridized carbons (Fsp3) is 0.778. The molecule has 3 atom stereocenters. The molecule has 2 saturated heterocycles. The highest BCUT2D eigenvalue weighted by Gasteiger charge is 2.38. The number of carbonyl (C=O) groups is 2. The van der Waals surface area contributed by atoms with Crippen molar-refractivity contribution in [2.24, 2.45) is 5.41 Å². The fourth-order valence-corrected chi connectivity index (χ4v) is 5.00. The summed E-state index contributed by atoms with van der Waals surface area (Å²) in [5, 5.41) is 3.13.